The lowest BCUT2D eigenvalue weighted by Crippen LogP contribution is -2.15. The summed E-state index contributed by atoms with van der Waals surface area (Å²) >= 11 is 8.17. The van der Waals surface area contributed by atoms with Crippen LogP contribution in [0.2, 0.25) is 5.02 Å². The third-order valence-electron chi connectivity index (χ3n) is 3.23. The molecule has 1 atom stereocenters. The number of halogens is 1. The van der Waals surface area contributed by atoms with Gasteiger partial charge >= 0.3 is 0 Å². The van der Waals surface area contributed by atoms with Crippen molar-refractivity contribution in [3.63, 3.8) is 0 Å². The van der Waals surface area contributed by atoms with Crippen LogP contribution in [-0.4, -0.2) is 25.0 Å². The molecule has 0 saturated carbocycles. The normalized spacial score (nSPS) is 18.9. The second-order valence-corrected chi connectivity index (χ2v) is 6.29. The van der Waals surface area contributed by atoms with Crippen LogP contribution >= 0.6 is 23.4 Å². The molecule has 2 rings (SSSR count). The van der Waals surface area contributed by atoms with Gasteiger partial charge in [0.1, 0.15) is 0 Å². The fourth-order valence-corrected chi connectivity index (χ4v) is 3.71. The highest BCUT2D eigenvalue weighted by molar-refractivity contribution is 7.99. The zero-order valence-electron chi connectivity index (χ0n) is 11.5. The lowest BCUT2D eigenvalue weighted by atomic mass is 10.2. The maximum absolute atomic E-state index is 6.34. The highest BCUT2D eigenvalue weighted by Gasteiger charge is 2.17. The van der Waals surface area contributed by atoms with E-state index < -0.39 is 0 Å². The van der Waals surface area contributed by atoms with Crippen LogP contribution in [0.3, 0.4) is 0 Å². The third-order valence-corrected chi connectivity index (χ3v) is 4.96. The van der Waals surface area contributed by atoms with Crippen LogP contribution in [0.25, 0.3) is 0 Å². The molecule has 1 unspecified atom stereocenters. The fourth-order valence-electron chi connectivity index (χ4n) is 2.21. The molecule has 1 saturated heterocycles. The number of benzene rings is 1. The molecular formula is C15H22ClNOS. The van der Waals surface area contributed by atoms with E-state index in [1.807, 2.05) is 23.9 Å². The highest BCUT2D eigenvalue weighted by Crippen LogP contribution is 2.32. The molecule has 0 spiro atoms. The van der Waals surface area contributed by atoms with Crippen LogP contribution in [0, 0.1) is 0 Å². The Morgan fingerprint density at radius 3 is 3.11 bits per heavy atom. The Labute approximate surface area is 125 Å². The Kier molecular flexibility index (Phi) is 6.51. The van der Waals surface area contributed by atoms with Crippen molar-refractivity contribution in [1.29, 1.82) is 0 Å². The molecule has 19 heavy (non-hydrogen) atoms. The number of rotatable bonds is 7. The fraction of sp³-hybridized carbons (Fsp3) is 0.600. The minimum Gasteiger partial charge on any atom is -0.377 e. The first-order chi connectivity index (χ1) is 9.31. The minimum absolute atomic E-state index is 0.401. The molecule has 1 aliphatic heterocycles. The minimum atomic E-state index is 0.401. The van der Waals surface area contributed by atoms with Crippen molar-refractivity contribution in [3.05, 3.63) is 28.8 Å². The predicted molar refractivity (Wildman–Crippen MR) is 83.1 cm³/mol. The molecule has 1 fully saturated rings. The zero-order chi connectivity index (χ0) is 13.5. The van der Waals surface area contributed by atoms with Gasteiger partial charge in [0.15, 0.2) is 0 Å². The van der Waals surface area contributed by atoms with E-state index in [-0.39, 0.29) is 0 Å². The summed E-state index contributed by atoms with van der Waals surface area (Å²) in [7, 11) is 0. The van der Waals surface area contributed by atoms with E-state index in [0.29, 0.717) is 6.10 Å². The number of nitrogens with one attached hydrogen (secondary N) is 1. The molecule has 0 bridgehead atoms. The smallest absolute Gasteiger partial charge is 0.0669 e. The Morgan fingerprint density at radius 2 is 2.37 bits per heavy atom. The molecule has 1 aromatic carbocycles. The van der Waals surface area contributed by atoms with Gasteiger partial charge < -0.3 is 10.1 Å². The van der Waals surface area contributed by atoms with Crippen LogP contribution in [0.15, 0.2) is 23.1 Å². The van der Waals surface area contributed by atoms with E-state index in [0.717, 1.165) is 36.9 Å². The summed E-state index contributed by atoms with van der Waals surface area (Å²) in [6, 6.07) is 6.16. The second-order valence-electron chi connectivity index (χ2n) is 4.85. The molecule has 0 aromatic heterocycles. The standard InChI is InChI=1S/C15H22ClNOS/c1-2-8-17-10-12-5-3-7-14(16)15(12)19-11-13-6-4-9-18-13/h3,5,7,13,17H,2,4,6,8-11H2,1H3. The number of hydrogen-bond donors (Lipinski definition) is 1. The Hall–Kier alpha value is -0.220. The first-order valence-corrected chi connectivity index (χ1v) is 8.40. The van der Waals surface area contributed by atoms with Crippen molar-refractivity contribution >= 4 is 23.4 Å². The van der Waals surface area contributed by atoms with Crippen molar-refractivity contribution in [3.8, 4) is 0 Å². The van der Waals surface area contributed by atoms with Crippen molar-refractivity contribution in [1.82, 2.24) is 5.32 Å². The van der Waals surface area contributed by atoms with Gasteiger partial charge in [-0.1, -0.05) is 30.7 Å². The van der Waals surface area contributed by atoms with E-state index in [4.69, 9.17) is 16.3 Å². The molecule has 1 N–H and O–H groups in total. The summed E-state index contributed by atoms with van der Waals surface area (Å²) in [4.78, 5) is 1.21. The lowest BCUT2D eigenvalue weighted by Gasteiger charge is -2.14. The van der Waals surface area contributed by atoms with E-state index in [1.54, 1.807) is 0 Å². The average molecular weight is 300 g/mol. The van der Waals surface area contributed by atoms with E-state index in [9.17, 15) is 0 Å². The van der Waals surface area contributed by atoms with Gasteiger partial charge in [-0.3, -0.25) is 0 Å². The summed E-state index contributed by atoms with van der Waals surface area (Å²) in [5.74, 6) is 1.00. The molecular weight excluding hydrogens is 278 g/mol. The van der Waals surface area contributed by atoms with Gasteiger partial charge in [0.25, 0.3) is 0 Å². The molecule has 4 heteroatoms. The molecule has 0 aliphatic carbocycles. The summed E-state index contributed by atoms with van der Waals surface area (Å²) in [6.07, 6.45) is 3.93. The van der Waals surface area contributed by atoms with Gasteiger partial charge in [0.05, 0.1) is 11.1 Å². The van der Waals surface area contributed by atoms with Gasteiger partial charge in [-0.2, -0.15) is 0 Å². The van der Waals surface area contributed by atoms with Gasteiger partial charge in [-0.15, -0.1) is 11.8 Å². The van der Waals surface area contributed by atoms with Crippen LogP contribution in [0.5, 0.6) is 0 Å². The number of ether oxygens (including phenoxy) is 1. The molecule has 1 aromatic rings. The monoisotopic (exact) mass is 299 g/mol. The Bertz CT molecular complexity index is 394. The van der Waals surface area contributed by atoms with Gasteiger partial charge in [-0.05, 0) is 37.4 Å². The van der Waals surface area contributed by atoms with Gasteiger partial charge in [0, 0.05) is 23.8 Å². The number of hydrogen-bond acceptors (Lipinski definition) is 3. The summed E-state index contributed by atoms with van der Waals surface area (Å²) in [5, 5.41) is 4.30. The van der Waals surface area contributed by atoms with Crippen molar-refractivity contribution in [2.24, 2.45) is 0 Å². The Morgan fingerprint density at radius 1 is 1.47 bits per heavy atom. The van der Waals surface area contributed by atoms with Gasteiger partial charge in [-0.25, -0.2) is 0 Å². The van der Waals surface area contributed by atoms with Crippen LogP contribution in [0.4, 0.5) is 0 Å². The SMILES string of the molecule is CCCNCc1cccc(Cl)c1SCC1CCCO1. The summed E-state index contributed by atoms with van der Waals surface area (Å²) < 4.78 is 5.67. The zero-order valence-corrected chi connectivity index (χ0v) is 13.0. The number of thioether (sulfide) groups is 1. The maximum atomic E-state index is 6.34. The summed E-state index contributed by atoms with van der Waals surface area (Å²) in [5.41, 5.74) is 1.30. The highest BCUT2D eigenvalue weighted by atomic mass is 35.5. The van der Waals surface area contributed by atoms with Gasteiger partial charge in [0.2, 0.25) is 0 Å². The molecule has 1 aliphatic rings. The first kappa shape index (κ1) is 15.2. The molecule has 2 nitrogen and oxygen atoms in total. The van der Waals surface area contributed by atoms with E-state index >= 15 is 0 Å². The van der Waals surface area contributed by atoms with E-state index in [2.05, 4.69) is 18.3 Å². The Balaban J connectivity index is 1.95. The van der Waals surface area contributed by atoms with Crippen molar-refractivity contribution in [2.75, 3.05) is 18.9 Å². The molecule has 106 valence electrons. The molecule has 1 heterocycles. The summed E-state index contributed by atoms with van der Waals surface area (Å²) in [6.45, 7) is 5.03. The van der Waals surface area contributed by atoms with E-state index in [1.165, 1.54) is 23.3 Å². The van der Waals surface area contributed by atoms with Crippen molar-refractivity contribution < 1.29 is 4.74 Å². The maximum Gasteiger partial charge on any atom is 0.0669 e. The largest absolute Gasteiger partial charge is 0.377 e. The third kappa shape index (κ3) is 4.67. The second kappa shape index (κ2) is 8.15. The predicted octanol–water partition coefficient (Wildman–Crippen LogP) is 4.11. The van der Waals surface area contributed by atoms with Crippen LogP contribution in [0.1, 0.15) is 31.7 Å². The quantitative estimate of drug-likeness (QED) is 0.605. The van der Waals surface area contributed by atoms with Crippen LogP contribution in [-0.2, 0) is 11.3 Å². The molecule has 0 radical (unpaired) electrons. The molecule has 0 amide bonds. The topological polar surface area (TPSA) is 21.3 Å². The lowest BCUT2D eigenvalue weighted by molar-refractivity contribution is 0.129. The van der Waals surface area contributed by atoms with Crippen molar-refractivity contribution in [2.45, 2.75) is 43.7 Å². The van der Waals surface area contributed by atoms with Crippen LogP contribution < -0.4 is 5.32 Å². The average Bonchev–Trinajstić information content (AvgIpc) is 2.91. The first-order valence-electron chi connectivity index (χ1n) is 7.03.